The number of rotatable bonds is 2. The molecule has 9 heteroatoms. The molecule has 0 radical (unpaired) electrons. The van der Waals surface area contributed by atoms with E-state index < -0.39 is 0 Å². The Morgan fingerprint density at radius 3 is 3.03 bits per heavy atom. The van der Waals surface area contributed by atoms with Crippen LogP contribution in [-0.4, -0.2) is 61.1 Å². The molecule has 2 N–H and O–H groups in total. The van der Waals surface area contributed by atoms with Crippen molar-refractivity contribution < 1.29 is 4.79 Å². The summed E-state index contributed by atoms with van der Waals surface area (Å²) in [7, 11) is 0. The minimum atomic E-state index is -0.0825. The highest BCUT2D eigenvalue weighted by Crippen LogP contribution is 2.76. The van der Waals surface area contributed by atoms with Crippen LogP contribution < -0.4 is 4.90 Å². The molecule has 3 aliphatic rings. The molecular formula is C21H23N8O+. The van der Waals surface area contributed by atoms with E-state index in [0.717, 1.165) is 53.6 Å². The minimum Gasteiger partial charge on any atom is -0.353 e. The Balaban J connectivity index is 1.21. The van der Waals surface area contributed by atoms with Crippen LogP contribution in [0.5, 0.6) is 0 Å². The second-order valence-corrected chi connectivity index (χ2v) is 8.92. The van der Waals surface area contributed by atoms with E-state index in [1.54, 1.807) is 6.33 Å². The Kier molecular flexibility index (Phi) is 3.25. The van der Waals surface area contributed by atoms with E-state index in [-0.39, 0.29) is 23.3 Å². The van der Waals surface area contributed by atoms with Crippen LogP contribution in [-0.2, 0) is 4.79 Å². The van der Waals surface area contributed by atoms with Crippen molar-refractivity contribution in [2.45, 2.75) is 32.7 Å². The maximum absolute atomic E-state index is 13.0. The topological polar surface area (TPSA) is 98.2 Å². The zero-order valence-corrected chi connectivity index (χ0v) is 17.2. The molecule has 1 spiro atoms. The van der Waals surface area contributed by atoms with Crippen molar-refractivity contribution in [3.63, 3.8) is 0 Å². The Morgan fingerprint density at radius 1 is 1.37 bits per heavy atom. The lowest BCUT2D eigenvalue weighted by molar-refractivity contribution is -0.141. The number of aromatic nitrogens is 5. The van der Waals surface area contributed by atoms with Crippen LogP contribution in [0.2, 0.25) is 0 Å². The summed E-state index contributed by atoms with van der Waals surface area (Å²) in [5.41, 5.74) is 3.46. The number of hydrogen-bond acceptors (Lipinski definition) is 5. The van der Waals surface area contributed by atoms with Crippen molar-refractivity contribution in [2.24, 2.45) is 11.3 Å². The fourth-order valence-electron chi connectivity index (χ4n) is 5.84. The van der Waals surface area contributed by atoms with Gasteiger partial charge in [-0.15, -0.1) is 0 Å². The van der Waals surface area contributed by atoms with Crippen molar-refractivity contribution in [3.05, 3.63) is 34.8 Å². The van der Waals surface area contributed by atoms with Crippen molar-refractivity contribution in [3.8, 4) is 6.07 Å². The molecule has 2 aliphatic heterocycles. The van der Waals surface area contributed by atoms with Gasteiger partial charge in [-0.2, -0.15) is 5.10 Å². The lowest BCUT2D eigenvalue weighted by atomic mass is 9.88. The molecule has 3 aromatic rings. The number of likely N-dealkylation sites (tertiary alicyclic amines) is 1. The van der Waals surface area contributed by atoms with Crippen molar-refractivity contribution in [1.82, 2.24) is 30.0 Å². The number of piperidine rings is 1. The summed E-state index contributed by atoms with van der Waals surface area (Å²) in [6, 6.07) is 4.96. The average Bonchev–Trinajstić information content (AvgIpc) is 3.32. The number of nitrogens with zero attached hydrogens (tertiary/aromatic N) is 6. The van der Waals surface area contributed by atoms with Gasteiger partial charge in [0.05, 0.1) is 10.9 Å². The van der Waals surface area contributed by atoms with Gasteiger partial charge in [0.25, 0.3) is 6.07 Å². The molecule has 2 saturated heterocycles. The van der Waals surface area contributed by atoms with E-state index in [1.165, 1.54) is 0 Å². The molecule has 1 saturated carbocycles. The molecule has 1 aliphatic carbocycles. The van der Waals surface area contributed by atoms with Crippen LogP contribution in [0.3, 0.4) is 0 Å². The van der Waals surface area contributed by atoms with E-state index in [9.17, 15) is 4.79 Å². The largest absolute Gasteiger partial charge is 0.383 e. The number of amides is 1. The number of hydrogen-bond donors (Lipinski definition) is 2. The van der Waals surface area contributed by atoms with E-state index in [0.29, 0.717) is 5.92 Å². The molecule has 1 unspecified atom stereocenters. The first-order valence-electron chi connectivity index (χ1n) is 10.2. The fraction of sp³-hybridized carbons (Fsp3) is 0.476. The molecule has 9 nitrogen and oxygen atoms in total. The Morgan fingerprint density at radius 2 is 2.23 bits per heavy atom. The molecule has 3 atom stereocenters. The second-order valence-electron chi connectivity index (χ2n) is 8.92. The molecule has 0 bridgehead atoms. The summed E-state index contributed by atoms with van der Waals surface area (Å²) < 4.78 is 0. The van der Waals surface area contributed by atoms with Gasteiger partial charge >= 0.3 is 5.69 Å². The molecule has 5 heterocycles. The first-order chi connectivity index (χ1) is 14.5. The highest BCUT2D eigenvalue weighted by atomic mass is 16.2. The number of nitrogens with one attached hydrogen (secondary N) is 2. The molecule has 30 heavy (non-hydrogen) atoms. The molecule has 1 amide bonds. The lowest BCUT2D eigenvalue weighted by Gasteiger charge is -2.47. The predicted molar refractivity (Wildman–Crippen MR) is 112 cm³/mol. The summed E-state index contributed by atoms with van der Waals surface area (Å²) in [5.74, 6) is 1.52. The molecule has 3 fully saturated rings. The van der Waals surface area contributed by atoms with Crippen LogP contribution in [0.4, 0.5) is 11.5 Å². The smallest absolute Gasteiger partial charge is 0.353 e. The van der Waals surface area contributed by atoms with Gasteiger partial charge in [0.1, 0.15) is 23.5 Å². The number of aromatic amines is 2. The van der Waals surface area contributed by atoms with Crippen molar-refractivity contribution >= 4 is 28.4 Å². The summed E-state index contributed by atoms with van der Waals surface area (Å²) in [4.78, 5) is 33.7. The van der Waals surface area contributed by atoms with Gasteiger partial charge in [-0.25, -0.2) is 9.97 Å². The summed E-state index contributed by atoms with van der Waals surface area (Å²) in [6.07, 6.45) is 3.67. The van der Waals surface area contributed by atoms with Crippen LogP contribution >= 0.6 is 0 Å². The molecule has 6 rings (SSSR count). The third-order valence-electron chi connectivity index (χ3n) is 7.50. The van der Waals surface area contributed by atoms with Gasteiger partial charge in [-0.3, -0.25) is 9.89 Å². The van der Waals surface area contributed by atoms with Gasteiger partial charge in [0, 0.05) is 37.2 Å². The summed E-state index contributed by atoms with van der Waals surface area (Å²) in [6.45, 7) is 8.66. The van der Waals surface area contributed by atoms with Gasteiger partial charge in [0.15, 0.2) is 12.1 Å². The fourth-order valence-corrected chi connectivity index (χ4v) is 5.84. The van der Waals surface area contributed by atoms with Crippen LogP contribution in [0.25, 0.3) is 15.9 Å². The van der Waals surface area contributed by atoms with Gasteiger partial charge in [0.2, 0.25) is 5.91 Å². The van der Waals surface area contributed by atoms with E-state index in [2.05, 4.69) is 47.9 Å². The third-order valence-corrected chi connectivity index (χ3v) is 7.50. The van der Waals surface area contributed by atoms with Crippen molar-refractivity contribution in [1.29, 1.82) is 0 Å². The van der Waals surface area contributed by atoms with Crippen molar-refractivity contribution in [2.75, 3.05) is 24.5 Å². The Hall–Kier alpha value is -3.41. The molecule has 152 valence electrons. The van der Waals surface area contributed by atoms with Crippen LogP contribution in [0, 0.1) is 31.2 Å². The van der Waals surface area contributed by atoms with Gasteiger partial charge in [-0.05, 0) is 24.8 Å². The highest BCUT2D eigenvalue weighted by molar-refractivity contribution is 5.88. The first-order valence-corrected chi connectivity index (χ1v) is 10.2. The predicted octanol–water partition coefficient (Wildman–Crippen LogP) is 2.39. The summed E-state index contributed by atoms with van der Waals surface area (Å²) >= 11 is 0. The van der Waals surface area contributed by atoms with Gasteiger partial charge < -0.3 is 14.8 Å². The minimum absolute atomic E-state index is 0.0825. The standard InChI is InChI=1S/C21H23N8O/c1-12-17(13(2)27-26-12)22-7-5-16(30)29-9-20(3)15-8-28(10-21(15,20)29)19-14-4-6-23-18(14)24-11-25-19/h4,6,11,15H,5,8-10H2,1-3H3,(H,26,27)(H,23,24,25)/q+1/t15?,20-,21-/m1/s1. The number of anilines is 1. The quantitative estimate of drug-likeness (QED) is 0.685. The third kappa shape index (κ3) is 2.01. The van der Waals surface area contributed by atoms with E-state index >= 15 is 0 Å². The summed E-state index contributed by atoms with van der Waals surface area (Å²) in [5, 5.41) is 8.06. The van der Waals surface area contributed by atoms with Crippen LogP contribution in [0.1, 0.15) is 24.7 Å². The number of carbonyl (C=O) groups excluding carboxylic acids is 1. The zero-order valence-electron chi connectivity index (χ0n) is 17.2. The molecule has 0 aromatic carbocycles. The maximum atomic E-state index is 13.0. The number of H-pyrrole nitrogens is 2. The van der Waals surface area contributed by atoms with Gasteiger partial charge in [-0.1, -0.05) is 6.92 Å². The lowest BCUT2D eigenvalue weighted by Crippen LogP contribution is -2.61. The monoisotopic (exact) mass is 403 g/mol. The zero-order chi connectivity index (χ0) is 20.7. The first kappa shape index (κ1) is 17.4. The SMILES string of the molecule is Cc1n[nH]c(C)c1[N+]#CCC(=O)N1C[C@]2(C)C3CN(c4ncnc5[nH]ccc45)C[C@]312. The maximum Gasteiger partial charge on any atom is 0.383 e. The number of carbonyl (C=O) groups is 1. The Labute approximate surface area is 173 Å². The van der Waals surface area contributed by atoms with E-state index in [4.69, 9.17) is 0 Å². The number of fused-ring (bicyclic) bond motifs is 2. The highest BCUT2D eigenvalue weighted by Gasteiger charge is 2.87. The normalized spacial score (nSPS) is 28.6. The average molecular weight is 403 g/mol. The molecular weight excluding hydrogens is 380 g/mol. The second kappa shape index (κ2) is 5.59. The van der Waals surface area contributed by atoms with Crippen LogP contribution in [0.15, 0.2) is 18.6 Å². The molecule has 3 aromatic heterocycles. The number of aryl methyl sites for hydroxylation is 2. The van der Waals surface area contributed by atoms with E-state index in [1.807, 2.05) is 31.0 Å². The Bertz CT molecular complexity index is 1250.